The molecule has 0 saturated heterocycles. The normalized spacial score (nSPS) is 16.7. The van der Waals surface area contributed by atoms with E-state index in [1.54, 1.807) is 19.2 Å². The number of hydrogen-bond donors (Lipinski definition) is 1. The van der Waals surface area contributed by atoms with Crippen molar-refractivity contribution in [2.75, 3.05) is 12.4 Å². The minimum absolute atomic E-state index is 0.0630. The van der Waals surface area contributed by atoms with Gasteiger partial charge in [0.1, 0.15) is 11.6 Å². The van der Waals surface area contributed by atoms with E-state index in [0.717, 1.165) is 23.4 Å². The predicted octanol–water partition coefficient (Wildman–Crippen LogP) is 4.67. The molecule has 2 aromatic rings. The summed E-state index contributed by atoms with van der Waals surface area (Å²) in [7, 11) is 1.62. The lowest BCUT2D eigenvalue weighted by atomic mass is 9.97. The first kappa shape index (κ1) is 13.9. The fraction of sp³-hybridized carbons (Fsp3) is 0.333. The van der Waals surface area contributed by atoms with Crippen molar-refractivity contribution in [3.05, 3.63) is 58.9 Å². The van der Waals surface area contributed by atoms with E-state index in [2.05, 4.69) is 37.4 Å². The second-order valence-corrected chi connectivity index (χ2v) is 5.86. The molecule has 1 unspecified atom stereocenters. The highest BCUT2D eigenvalue weighted by Gasteiger charge is 2.25. The lowest BCUT2D eigenvalue weighted by Gasteiger charge is -2.15. The summed E-state index contributed by atoms with van der Waals surface area (Å²) in [6.07, 6.45) is 0.857. The van der Waals surface area contributed by atoms with E-state index in [1.807, 2.05) is 0 Å². The highest BCUT2D eigenvalue weighted by atomic mass is 19.1. The Morgan fingerprint density at radius 2 is 2.00 bits per heavy atom. The van der Waals surface area contributed by atoms with Crippen LogP contribution in [-0.4, -0.2) is 7.11 Å². The Labute approximate surface area is 125 Å². The topological polar surface area (TPSA) is 21.3 Å². The molecule has 110 valence electrons. The monoisotopic (exact) mass is 285 g/mol. The number of hydrogen-bond acceptors (Lipinski definition) is 2. The van der Waals surface area contributed by atoms with Gasteiger partial charge in [-0.25, -0.2) is 4.39 Å². The van der Waals surface area contributed by atoms with Gasteiger partial charge in [0.15, 0.2) is 0 Å². The van der Waals surface area contributed by atoms with Crippen molar-refractivity contribution in [2.45, 2.75) is 32.2 Å². The van der Waals surface area contributed by atoms with Gasteiger partial charge in [-0.1, -0.05) is 26.0 Å². The zero-order valence-electron chi connectivity index (χ0n) is 12.6. The van der Waals surface area contributed by atoms with Gasteiger partial charge in [0.05, 0.1) is 13.2 Å². The molecule has 0 amide bonds. The van der Waals surface area contributed by atoms with Crippen LogP contribution in [0.4, 0.5) is 10.1 Å². The van der Waals surface area contributed by atoms with Crippen LogP contribution in [0.1, 0.15) is 42.5 Å². The molecule has 2 nitrogen and oxygen atoms in total. The molecule has 0 spiro atoms. The summed E-state index contributed by atoms with van der Waals surface area (Å²) >= 11 is 0. The number of rotatable bonds is 3. The summed E-state index contributed by atoms with van der Waals surface area (Å²) in [4.78, 5) is 0. The van der Waals surface area contributed by atoms with Crippen molar-refractivity contribution in [1.82, 2.24) is 0 Å². The van der Waals surface area contributed by atoms with E-state index in [0.29, 0.717) is 5.92 Å². The Morgan fingerprint density at radius 3 is 2.71 bits per heavy atom. The molecule has 1 atom stereocenters. The highest BCUT2D eigenvalue weighted by Crippen LogP contribution is 2.39. The standard InChI is InChI=1S/C18H20FNO/c1-11(2)12-4-6-16-13(8-12)9-17(20-16)15-10-14(19)5-7-18(15)21-3/h4-8,10-11,17,20H,9H2,1-3H3. The van der Waals surface area contributed by atoms with Crippen molar-refractivity contribution in [3.8, 4) is 5.75 Å². The Bertz CT molecular complexity index is 666. The maximum atomic E-state index is 13.6. The van der Waals surface area contributed by atoms with Crippen LogP contribution in [0.3, 0.4) is 0 Å². The summed E-state index contributed by atoms with van der Waals surface area (Å²) in [5.41, 5.74) is 4.63. The maximum absolute atomic E-state index is 13.6. The molecule has 0 bridgehead atoms. The highest BCUT2D eigenvalue weighted by molar-refractivity contribution is 5.60. The van der Waals surface area contributed by atoms with Gasteiger partial charge in [0, 0.05) is 11.3 Å². The number of benzene rings is 2. The van der Waals surface area contributed by atoms with Gasteiger partial charge >= 0.3 is 0 Å². The van der Waals surface area contributed by atoms with Crippen LogP contribution in [-0.2, 0) is 6.42 Å². The molecule has 1 heterocycles. The predicted molar refractivity (Wildman–Crippen MR) is 83.6 cm³/mol. The molecular weight excluding hydrogens is 265 g/mol. The Morgan fingerprint density at radius 1 is 1.19 bits per heavy atom. The number of methoxy groups -OCH3 is 1. The second kappa shape index (κ2) is 5.40. The fourth-order valence-corrected chi connectivity index (χ4v) is 2.91. The number of halogens is 1. The number of fused-ring (bicyclic) bond motifs is 1. The van der Waals surface area contributed by atoms with E-state index in [9.17, 15) is 4.39 Å². The molecule has 3 rings (SSSR count). The Kier molecular flexibility index (Phi) is 3.58. The van der Waals surface area contributed by atoms with Gasteiger partial charge in [0.25, 0.3) is 0 Å². The van der Waals surface area contributed by atoms with E-state index < -0.39 is 0 Å². The van der Waals surface area contributed by atoms with Gasteiger partial charge in [-0.05, 0) is 47.7 Å². The van der Waals surface area contributed by atoms with Gasteiger partial charge in [0.2, 0.25) is 0 Å². The summed E-state index contributed by atoms with van der Waals surface area (Å²) < 4.78 is 18.9. The molecule has 0 fully saturated rings. The fourth-order valence-electron chi connectivity index (χ4n) is 2.91. The minimum Gasteiger partial charge on any atom is -0.496 e. The summed E-state index contributed by atoms with van der Waals surface area (Å²) in [6.45, 7) is 4.38. The third kappa shape index (κ3) is 2.60. The van der Waals surface area contributed by atoms with Crippen LogP contribution >= 0.6 is 0 Å². The minimum atomic E-state index is -0.230. The zero-order valence-corrected chi connectivity index (χ0v) is 12.6. The van der Waals surface area contributed by atoms with Crippen molar-refractivity contribution in [2.24, 2.45) is 0 Å². The summed E-state index contributed by atoms with van der Waals surface area (Å²) in [5.74, 6) is 1.01. The van der Waals surface area contributed by atoms with Crippen LogP contribution in [0.25, 0.3) is 0 Å². The molecule has 21 heavy (non-hydrogen) atoms. The molecular formula is C18H20FNO. The van der Waals surface area contributed by atoms with E-state index >= 15 is 0 Å². The molecule has 1 aliphatic rings. The van der Waals surface area contributed by atoms with Crippen molar-refractivity contribution < 1.29 is 9.13 Å². The number of ether oxygens (including phenoxy) is 1. The van der Waals surface area contributed by atoms with Crippen LogP contribution in [0.2, 0.25) is 0 Å². The first-order chi connectivity index (χ1) is 10.1. The molecule has 1 aliphatic heterocycles. The first-order valence-electron chi connectivity index (χ1n) is 7.31. The van der Waals surface area contributed by atoms with Crippen molar-refractivity contribution in [3.63, 3.8) is 0 Å². The average molecular weight is 285 g/mol. The van der Waals surface area contributed by atoms with Gasteiger partial charge in [-0.2, -0.15) is 0 Å². The van der Waals surface area contributed by atoms with Crippen molar-refractivity contribution in [1.29, 1.82) is 0 Å². The SMILES string of the molecule is COc1ccc(F)cc1C1Cc2cc(C(C)C)ccc2N1. The molecule has 1 N–H and O–H groups in total. The third-order valence-corrected chi connectivity index (χ3v) is 4.12. The maximum Gasteiger partial charge on any atom is 0.124 e. The molecule has 3 heteroatoms. The van der Waals surface area contributed by atoms with Crippen LogP contribution in [0.15, 0.2) is 36.4 Å². The van der Waals surface area contributed by atoms with E-state index in [4.69, 9.17) is 4.74 Å². The van der Waals surface area contributed by atoms with Crippen LogP contribution < -0.4 is 10.1 Å². The molecule has 0 aliphatic carbocycles. The lowest BCUT2D eigenvalue weighted by molar-refractivity contribution is 0.406. The molecule has 0 radical (unpaired) electrons. The van der Waals surface area contributed by atoms with Gasteiger partial charge in [-0.3, -0.25) is 0 Å². The quantitative estimate of drug-likeness (QED) is 0.885. The largest absolute Gasteiger partial charge is 0.496 e. The Balaban J connectivity index is 1.92. The van der Waals surface area contributed by atoms with Crippen molar-refractivity contribution >= 4 is 5.69 Å². The van der Waals surface area contributed by atoms with Gasteiger partial charge in [-0.15, -0.1) is 0 Å². The van der Waals surface area contributed by atoms with Crippen LogP contribution in [0, 0.1) is 5.82 Å². The Hall–Kier alpha value is -2.03. The smallest absolute Gasteiger partial charge is 0.124 e. The number of nitrogens with one attached hydrogen (secondary N) is 1. The van der Waals surface area contributed by atoms with E-state index in [1.165, 1.54) is 17.2 Å². The first-order valence-corrected chi connectivity index (χ1v) is 7.31. The van der Waals surface area contributed by atoms with Gasteiger partial charge < -0.3 is 10.1 Å². The summed E-state index contributed by atoms with van der Waals surface area (Å²) in [6, 6.07) is 11.3. The number of anilines is 1. The summed E-state index contributed by atoms with van der Waals surface area (Å²) in [5, 5.41) is 3.47. The average Bonchev–Trinajstić information content (AvgIpc) is 2.89. The lowest BCUT2D eigenvalue weighted by Crippen LogP contribution is -2.08. The molecule has 0 aromatic heterocycles. The molecule has 2 aromatic carbocycles. The molecule has 0 saturated carbocycles. The van der Waals surface area contributed by atoms with E-state index in [-0.39, 0.29) is 11.9 Å². The van der Waals surface area contributed by atoms with Crippen LogP contribution in [0.5, 0.6) is 5.75 Å². The second-order valence-electron chi connectivity index (χ2n) is 5.86. The zero-order chi connectivity index (χ0) is 15.0. The third-order valence-electron chi connectivity index (χ3n) is 4.12.